The molecule has 0 aliphatic rings. The number of benzene rings is 1. The van der Waals surface area contributed by atoms with Gasteiger partial charge in [-0.05, 0) is 25.1 Å². The summed E-state index contributed by atoms with van der Waals surface area (Å²) in [6.07, 6.45) is 1.01. The minimum Gasteiger partial charge on any atom is -0.453 e. The van der Waals surface area contributed by atoms with Crippen LogP contribution in [0.25, 0.3) is 10.2 Å². The highest BCUT2D eigenvalue weighted by Gasteiger charge is 2.13. The van der Waals surface area contributed by atoms with E-state index in [0.29, 0.717) is 17.0 Å². The number of ether oxygens (including phenoxy) is 1. The first-order valence-electron chi connectivity index (χ1n) is 6.34. The van der Waals surface area contributed by atoms with E-state index in [1.54, 1.807) is 31.3 Å². The lowest BCUT2D eigenvalue weighted by molar-refractivity contribution is 0.203. The third-order valence-electron chi connectivity index (χ3n) is 2.98. The van der Waals surface area contributed by atoms with Crippen LogP contribution < -0.4 is 10.5 Å². The molecule has 0 bridgehead atoms. The van der Waals surface area contributed by atoms with E-state index in [2.05, 4.69) is 4.98 Å². The second-order valence-electron chi connectivity index (χ2n) is 4.64. The fraction of sp³-hybridized carbons (Fsp3) is 0.133. The second-order valence-corrected chi connectivity index (χ2v) is 5.72. The number of fused-ring (bicyclic) bond motifs is 1. The predicted molar refractivity (Wildman–Crippen MR) is 81.1 cm³/mol. The number of thiophene rings is 1. The molecular weight excluding hydrogens is 291 g/mol. The van der Waals surface area contributed by atoms with Crippen molar-refractivity contribution in [1.82, 2.24) is 4.98 Å². The molecule has 108 valence electrons. The molecule has 3 N–H and O–H groups in total. The van der Waals surface area contributed by atoms with Gasteiger partial charge in [0, 0.05) is 28.9 Å². The molecular formula is C15H13FN2O2S. The van der Waals surface area contributed by atoms with Crippen LogP contribution in [0.15, 0.2) is 36.5 Å². The summed E-state index contributed by atoms with van der Waals surface area (Å²) in [6, 6.07) is 7.74. The average molecular weight is 304 g/mol. The van der Waals surface area contributed by atoms with Gasteiger partial charge < -0.3 is 15.6 Å². The summed E-state index contributed by atoms with van der Waals surface area (Å²) in [4.78, 5) is 5.01. The Kier molecular flexibility index (Phi) is 3.48. The molecule has 0 radical (unpaired) electrons. The van der Waals surface area contributed by atoms with E-state index in [4.69, 9.17) is 10.5 Å². The molecule has 0 aliphatic carbocycles. The Morgan fingerprint density at radius 3 is 2.81 bits per heavy atom. The van der Waals surface area contributed by atoms with Crippen molar-refractivity contribution >= 4 is 27.2 Å². The number of halogens is 1. The van der Waals surface area contributed by atoms with E-state index in [1.165, 1.54) is 23.5 Å². The topological polar surface area (TPSA) is 68.4 Å². The van der Waals surface area contributed by atoms with Gasteiger partial charge in [-0.25, -0.2) is 4.39 Å². The summed E-state index contributed by atoms with van der Waals surface area (Å²) >= 11 is 1.38. The number of hydrogen-bond donors (Lipinski definition) is 2. The highest BCUT2D eigenvalue weighted by Crippen LogP contribution is 2.37. The molecule has 1 atom stereocenters. The van der Waals surface area contributed by atoms with Crippen LogP contribution in [0.5, 0.6) is 11.5 Å². The molecule has 1 unspecified atom stereocenters. The van der Waals surface area contributed by atoms with Crippen molar-refractivity contribution in [2.24, 2.45) is 0 Å². The number of nitrogens with two attached hydrogens (primary N) is 1. The molecule has 0 spiro atoms. The van der Waals surface area contributed by atoms with Crippen molar-refractivity contribution < 1.29 is 14.2 Å². The summed E-state index contributed by atoms with van der Waals surface area (Å²) in [7, 11) is 0. The Labute approximate surface area is 124 Å². The first-order valence-corrected chi connectivity index (χ1v) is 7.15. The third kappa shape index (κ3) is 2.68. The summed E-state index contributed by atoms with van der Waals surface area (Å²) in [5, 5.41) is 9.65. The molecule has 0 saturated heterocycles. The molecule has 2 aromatic heterocycles. The van der Waals surface area contributed by atoms with Crippen molar-refractivity contribution in [1.29, 1.82) is 0 Å². The fourth-order valence-corrected chi connectivity index (χ4v) is 2.94. The number of nitrogens with zero attached hydrogens (tertiary/aromatic N) is 1. The van der Waals surface area contributed by atoms with Crippen LogP contribution in [0.1, 0.15) is 17.9 Å². The number of pyridine rings is 1. The first-order chi connectivity index (χ1) is 10.0. The highest BCUT2D eigenvalue weighted by atomic mass is 32.1. The number of rotatable bonds is 3. The maximum atomic E-state index is 13.8. The summed E-state index contributed by atoms with van der Waals surface area (Å²) in [6.45, 7) is 1.69. The van der Waals surface area contributed by atoms with Gasteiger partial charge in [0.2, 0.25) is 0 Å². The number of aliphatic hydroxyl groups excluding tert-OH is 1. The lowest BCUT2D eigenvalue weighted by Crippen LogP contribution is -1.91. The van der Waals surface area contributed by atoms with Crippen molar-refractivity contribution in [3.63, 3.8) is 0 Å². The van der Waals surface area contributed by atoms with Gasteiger partial charge in [-0.2, -0.15) is 0 Å². The molecule has 3 aromatic rings. The minimum absolute atomic E-state index is 0.101. The standard InChI is InChI=1S/C15H13FN2O2S/c1-8(19)14-7-11-15(21-14)13(4-5-18-11)20-12-3-2-9(17)6-10(12)16/h2-8,19H,17H2,1H3. The van der Waals surface area contributed by atoms with Crippen LogP contribution in [0, 0.1) is 5.82 Å². The molecule has 0 aliphatic heterocycles. The molecule has 6 heteroatoms. The van der Waals surface area contributed by atoms with Crippen LogP contribution in [0.2, 0.25) is 0 Å². The highest BCUT2D eigenvalue weighted by molar-refractivity contribution is 7.19. The van der Waals surface area contributed by atoms with E-state index >= 15 is 0 Å². The van der Waals surface area contributed by atoms with Gasteiger partial charge in [0.15, 0.2) is 11.6 Å². The van der Waals surface area contributed by atoms with Crippen molar-refractivity contribution in [2.75, 3.05) is 5.73 Å². The Balaban J connectivity index is 2.04. The quantitative estimate of drug-likeness (QED) is 0.721. The lowest BCUT2D eigenvalue weighted by atomic mass is 10.3. The maximum absolute atomic E-state index is 13.8. The monoisotopic (exact) mass is 304 g/mol. The SMILES string of the molecule is CC(O)c1cc2nccc(Oc3ccc(N)cc3F)c2s1. The van der Waals surface area contributed by atoms with E-state index in [1.807, 2.05) is 0 Å². The van der Waals surface area contributed by atoms with Gasteiger partial charge in [0.1, 0.15) is 5.75 Å². The number of anilines is 1. The Morgan fingerprint density at radius 1 is 1.29 bits per heavy atom. The molecule has 21 heavy (non-hydrogen) atoms. The zero-order valence-corrected chi connectivity index (χ0v) is 12.0. The smallest absolute Gasteiger partial charge is 0.167 e. The van der Waals surface area contributed by atoms with Crippen LogP contribution in [-0.2, 0) is 0 Å². The number of hydrogen-bond acceptors (Lipinski definition) is 5. The number of aromatic nitrogens is 1. The molecule has 0 saturated carbocycles. The molecule has 2 heterocycles. The first kappa shape index (κ1) is 13.8. The minimum atomic E-state index is -0.578. The van der Waals surface area contributed by atoms with Crippen molar-refractivity contribution in [3.05, 3.63) is 47.2 Å². The Bertz CT molecular complexity index is 801. The van der Waals surface area contributed by atoms with Crippen LogP contribution in [0.4, 0.5) is 10.1 Å². The Morgan fingerprint density at radius 2 is 2.10 bits per heavy atom. The molecule has 3 rings (SSSR count). The molecule has 1 aromatic carbocycles. The van der Waals surface area contributed by atoms with E-state index in [0.717, 1.165) is 9.58 Å². The zero-order chi connectivity index (χ0) is 15.0. The number of aliphatic hydroxyl groups is 1. The van der Waals surface area contributed by atoms with Gasteiger partial charge in [-0.1, -0.05) is 0 Å². The Hall–Kier alpha value is -2.18. The molecule has 4 nitrogen and oxygen atoms in total. The maximum Gasteiger partial charge on any atom is 0.167 e. The third-order valence-corrected chi connectivity index (χ3v) is 4.29. The van der Waals surface area contributed by atoms with Gasteiger partial charge in [0.25, 0.3) is 0 Å². The fourth-order valence-electron chi connectivity index (χ4n) is 1.94. The van der Waals surface area contributed by atoms with Crippen LogP contribution in [-0.4, -0.2) is 10.1 Å². The normalized spacial score (nSPS) is 12.5. The van der Waals surface area contributed by atoms with Gasteiger partial charge in [-0.15, -0.1) is 11.3 Å². The van der Waals surface area contributed by atoms with E-state index in [9.17, 15) is 9.50 Å². The van der Waals surface area contributed by atoms with Gasteiger partial charge in [0.05, 0.1) is 16.3 Å². The van der Waals surface area contributed by atoms with E-state index in [-0.39, 0.29) is 5.75 Å². The summed E-state index contributed by atoms with van der Waals surface area (Å²) in [5.41, 5.74) is 6.57. The molecule has 0 amide bonds. The van der Waals surface area contributed by atoms with Crippen LogP contribution >= 0.6 is 11.3 Å². The lowest BCUT2D eigenvalue weighted by Gasteiger charge is -2.07. The summed E-state index contributed by atoms with van der Waals surface area (Å²) in [5.74, 6) is 0.0801. The summed E-state index contributed by atoms with van der Waals surface area (Å²) < 4.78 is 20.2. The zero-order valence-electron chi connectivity index (χ0n) is 11.2. The van der Waals surface area contributed by atoms with Gasteiger partial charge >= 0.3 is 0 Å². The van der Waals surface area contributed by atoms with Gasteiger partial charge in [-0.3, -0.25) is 4.98 Å². The van der Waals surface area contributed by atoms with Crippen molar-refractivity contribution in [2.45, 2.75) is 13.0 Å². The van der Waals surface area contributed by atoms with Crippen molar-refractivity contribution in [3.8, 4) is 11.5 Å². The average Bonchev–Trinajstić information content (AvgIpc) is 2.87. The molecule has 0 fully saturated rings. The van der Waals surface area contributed by atoms with Crippen LogP contribution in [0.3, 0.4) is 0 Å². The second kappa shape index (κ2) is 5.31. The largest absolute Gasteiger partial charge is 0.453 e. The number of nitrogen functional groups attached to an aromatic ring is 1. The van der Waals surface area contributed by atoms with E-state index < -0.39 is 11.9 Å². The predicted octanol–water partition coefficient (Wildman–Crippen LogP) is 3.86.